The van der Waals surface area contributed by atoms with Gasteiger partial charge < -0.3 is 20.1 Å². The van der Waals surface area contributed by atoms with Gasteiger partial charge in [-0.15, -0.1) is 0 Å². The highest BCUT2D eigenvalue weighted by atomic mass is 16.5. The zero-order valence-corrected chi connectivity index (χ0v) is 18.9. The van der Waals surface area contributed by atoms with E-state index >= 15 is 0 Å². The lowest BCUT2D eigenvalue weighted by Gasteiger charge is -2.36. The number of aliphatic hydroxyl groups excluding tert-OH is 1. The van der Waals surface area contributed by atoms with Gasteiger partial charge in [-0.1, -0.05) is 42.5 Å². The number of ether oxygens (including phenoxy) is 1. The lowest BCUT2D eigenvalue weighted by Crippen LogP contribution is -2.45. The average molecular weight is 449 g/mol. The van der Waals surface area contributed by atoms with E-state index in [9.17, 15) is 14.7 Å². The first-order chi connectivity index (χ1) is 16.0. The van der Waals surface area contributed by atoms with Crippen LogP contribution in [0.15, 0.2) is 54.6 Å². The van der Waals surface area contributed by atoms with Crippen LogP contribution in [0.2, 0.25) is 0 Å². The molecule has 3 atom stereocenters. The van der Waals surface area contributed by atoms with Gasteiger partial charge in [0.1, 0.15) is 0 Å². The van der Waals surface area contributed by atoms with Crippen LogP contribution in [0.3, 0.4) is 0 Å². The van der Waals surface area contributed by atoms with E-state index in [-0.39, 0.29) is 23.3 Å². The lowest BCUT2D eigenvalue weighted by atomic mass is 9.77. The van der Waals surface area contributed by atoms with Gasteiger partial charge >= 0.3 is 5.97 Å². The number of piperidine rings is 1. The first-order valence-electron chi connectivity index (χ1n) is 12.1. The Balaban J connectivity index is 1.14. The first kappa shape index (κ1) is 22.1. The highest BCUT2D eigenvalue weighted by Crippen LogP contribution is 2.40. The van der Waals surface area contributed by atoms with Crippen LogP contribution in [0.5, 0.6) is 0 Å². The van der Waals surface area contributed by atoms with E-state index in [1.807, 2.05) is 59.5 Å². The van der Waals surface area contributed by atoms with Crippen molar-refractivity contribution < 1.29 is 19.4 Å². The van der Waals surface area contributed by atoms with Crippen molar-refractivity contribution >= 4 is 11.9 Å². The van der Waals surface area contributed by atoms with E-state index in [1.165, 1.54) is 5.56 Å². The molecule has 6 nitrogen and oxygen atoms in total. The Morgan fingerprint density at radius 2 is 1.79 bits per heavy atom. The molecule has 0 aliphatic carbocycles. The largest absolute Gasteiger partial charge is 0.465 e. The van der Waals surface area contributed by atoms with Crippen LogP contribution in [0, 0.1) is 5.41 Å². The average Bonchev–Trinajstić information content (AvgIpc) is 3.46. The van der Waals surface area contributed by atoms with Crippen LogP contribution in [0.25, 0.3) is 0 Å². The number of rotatable bonds is 5. The van der Waals surface area contributed by atoms with Crippen LogP contribution >= 0.6 is 0 Å². The molecule has 3 fully saturated rings. The van der Waals surface area contributed by atoms with E-state index in [4.69, 9.17) is 4.74 Å². The third-order valence-corrected chi connectivity index (χ3v) is 7.74. The number of carbonyl (C=O) groups is 2. The van der Waals surface area contributed by atoms with Gasteiger partial charge in [-0.2, -0.15) is 0 Å². The van der Waals surface area contributed by atoms with E-state index in [2.05, 4.69) is 5.32 Å². The van der Waals surface area contributed by atoms with Crippen molar-refractivity contribution in [1.82, 2.24) is 10.2 Å². The molecule has 3 aliphatic rings. The van der Waals surface area contributed by atoms with Gasteiger partial charge in [0.05, 0.1) is 18.1 Å². The zero-order valence-electron chi connectivity index (χ0n) is 18.9. The minimum absolute atomic E-state index is 0.0350. The zero-order chi connectivity index (χ0) is 22.8. The molecule has 0 radical (unpaired) electrons. The molecule has 2 aromatic carbocycles. The Labute approximate surface area is 194 Å². The molecule has 0 aromatic heterocycles. The molecule has 3 saturated heterocycles. The second-order valence-electron chi connectivity index (χ2n) is 9.76. The summed E-state index contributed by atoms with van der Waals surface area (Å²) in [4.78, 5) is 26.9. The predicted molar refractivity (Wildman–Crippen MR) is 125 cm³/mol. The number of nitrogens with zero attached hydrogens (tertiary/aromatic N) is 1. The first-order valence-corrected chi connectivity index (χ1v) is 12.1. The van der Waals surface area contributed by atoms with E-state index < -0.39 is 6.10 Å². The Morgan fingerprint density at radius 3 is 2.45 bits per heavy atom. The minimum atomic E-state index is -0.494. The second-order valence-corrected chi connectivity index (χ2v) is 9.76. The van der Waals surface area contributed by atoms with Crippen molar-refractivity contribution in [2.75, 3.05) is 19.7 Å². The van der Waals surface area contributed by atoms with Crippen LogP contribution in [-0.2, 0) is 16.0 Å². The molecule has 2 aromatic rings. The quantitative estimate of drug-likeness (QED) is 0.687. The fraction of sp³-hybridized carbons (Fsp3) is 0.481. The Bertz CT molecular complexity index is 983. The van der Waals surface area contributed by atoms with Crippen LogP contribution in [0.1, 0.15) is 59.7 Å². The molecule has 2 N–H and O–H groups in total. The summed E-state index contributed by atoms with van der Waals surface area (Å²) in [6, 6.07) is 18.1. The van der Waals surface area contributed by atoms with Crippen molar-refractivity contribution in [1.29, 1.82) is 0 Å². The predicted octanol–water partition coefficient (Wildman–Crippen LogP) is 3.25. The maximum Gasteiger partial charge on any atom is 0.312 e. The number of aliphatic hydroxyl groups is 1. The van der Waals surface area contributed by atoms with E-state index in [0.29, 0.717) is 44.1 Å². The molecule has 3 heterocycles. The molecule has 1 amide bonds. The van der Waals surface area contributed by atoms with Crippen molar-refractivity contribution in [3.05, 3.63) is 71.3 Å². The highest BCUT2D eigenvalue weighted by molar-refractivity contribution is 5.94. The molecular weight excluding hydrogens is 416 g/mol. The number of nitrogens with one attached hydrogen (secondary N) is 1. The van der Waals surface area contributed by atoms with Gasteiger partial charge in [0.2, 0.25) is 0 Å². The van der Waals surface area contributed by atoms with Crippen molar-refractivity contribution in [3.63, 3.8) is 0 Å². The molecule has 33 heavy (non-hydrogen) atoms. The van der Waals surface area contributed by atoms with Crippen molar-refractivity contribution in [3.8, 4) is 0 Å². The summed E-state index contributed by atoms with van der Waals surface area (Å²) in [5.41, 5.74) is 2.47. The summed E-state index contributed by atoms with van der Waals surface area (Å²) in [5, 5.41) is 14.3. The minimum Gasteiger partial charge on any atom is -0.465 e. The normalized spacial score (nSPS) is 25.2. The Morgan fingerprint density at radius 1 is 1.06 bits per heavy atom. The fourth-order valence-corrected chi connectivity index (χ4v) is 5.58. The molecule has 0 bridgehead atoms. The summed E-state index contributed by atoms with van der Waals surface area (Å²) >= 11 is 0. The monoisotopic (exact) mass is 448 g/mol. The van der Waals surface area contributed by atoms with Gasteiger partial charge in [0, 0.05) is 30.7 Å². The number of carbonyl (C=O) groups excluding carboxylic acids is 2. The number of cyclic esters (lactones) is 1. The molecular formula is C27H32N2O4. The molecule has 1 spiro atoms. The Kier molecular flexibility index (Phi) is 6.21. The van der Waals surface area contributed by atoms with Crippen molar-refractivity contribution in [2.45, 2.75) is 56.7 Å². The van der Waals surface area contributed by atoms with E-state index in [0.717, 1.165) is 31.2 Å². The maximum atomic E-state index is 13.0. The van der Waals surface area contributed by atoms with Crippen LogP contribution in [0.4, 0.5) is 0 Å². The second kappa shape index (κ2) is 9.27. The maximum absolute atomic E-state index is 13.0. The summed E-state index contributed by atoms with van der Waals surface area (Å²) in [6.45, 7) is 1.72. The number of esters is 1. The smallest absolute Gasteiger partial charge is 0.312 e. The molecule has 5 rings (SSSR count). The highest BCUT2D eigenvalue weighted by Gasteiger charge is 2.47. The number of hydrogen-bond acceptors (Lipinski definition) is 5. The standard InChI is InChI=1S/C27H32N2O4/c30-24(20-4-2-1-3-5-20)23-11-10-22(28-23)18-19-6-8-21(9-7-19)25(31)29-15-12-27(13-16-29)14-17-33-26(27)32/h1-9,22-24,28,30H,10-18H2. The molecule has 0 saturated carbocycles. The van der Waals surface area contributed by atoms with Gasteiger partial charge in [-0.25, -0.2) is 0 Å². The molecule has 3 unspecified atom stereocenters. The SMILES string of the molecule is O=C(c1ccc(CC2CCC(C(O)c3ccccc3)N2)cc1)N1CCC2(CCOC2=O)CC1. The molecule has 174 valence electrons. The molecule has 6 heteroatoms. The summed E-state index contributed by atoms with van der Waals surface area (Å²) in [5.74, 6) is -0.0502. The number of likely N-dealkylation sites (tertiary alicyclic amines) is 1. The summed E-state index contributed by atoms with van der Waals surface area (Å²) in [7, 11) is 0. The van der Waals surface area contributed by atoms with Crippen molar-refractivity contribution in [2.24, 2.45) is 5.41 Å². The van der Waals surface area contributed by atoms with Gasteiger partial charge in [-0.3, -0.25) is 9.59 Å². The number of amides is 1. The Hall–Kier alpha value is -2.70. The third kappa shape index (κ3) is 4.55. The number of hydrogen-bond donors (Lipinski definition) is 2. The lowest BCUT2D eigenvalue weighted by molar-refractivity contribution is -0.148. The third-order valence-electron chi connectivity index (χ3n) is 7.74. The summed E-state index contributed by atoms with van der Waals surface area (Å²) in [6.07, 6.45) is 4.51. The van der Waals surface area contributed by atoms with E-state index in [1.54, 1.807) is 0 Å². The van der Waals surface area contributed by atoms with Crippen LogP contribution in [-0.4, -0.2) is 53.7 Å². The van der Waals surface area contributed by atoms with Gasteiger partial charge in [-0.05, 0) is 61.8 Å². The topological polar surface area (TPSA) is 78.9 Å². The van der Waals surface area contributed by atoms with Crippen LogP contribution < -0.4 is 5.32 Å². The molecule has 3 aliphatic heterocycles. The number of benzene rings is 2. The van der Waals surface area contributed by atoms with Gasteiger partial charge in [0.15, 0.2) is 0 Å². The fourth-order valence-electron chi connectivity index (χ4n) is 5.58. The van der Waals surface area contributed by atoms with Gasteiger partial charge in [0.25, 0.3) is 5.91 Å². The summed E-state index contributed by atoms with van der Waals surface area (Å²) < 4.78 is 5.17.